The maximum Gasteiger partial charge on any atom is 0.311 e. The Morgan fingerprint density at radius 3 is 2.33 bits per heavy atom. The highest BCUT2D eigenvalue weighted by Gasteiger charge is 2.45. The standard InChI is InChI=1S/C34H37NO11/c1-17-18-15-24(46-28(41)13-7-11-26(38)39)34(2,3)16-23(18)45-32-29(17)30-20(31(42)33(32)43-4)14-19-21(35-30)8-5-9-22(19)44-27(40)12-6-10-25(36)37/h5,8-9,14,17,24,42H,6-7,10-13,15-16H2,1-4H3,(H,36,37)(H,38,39). The molecule has 3 aromatic rings. The van der Waals surface area contributed by atoms with Gasteiger partial charge in [-0.25, -0.2) is 4.98 Å². The molecule has 0 saturated carbocycles. The molecule has 2 atom stereocenters. The number of hydrogen-bond acceptors (Lipinski definition) is 10. The summed E-state index contributed by atoms with van der Waals surface area (Å²) in [4.78, 5) is 51.7. The van der Waals surface area contributed by atoms with Crippen molar-refractivity contribution in [2.24, 2.45) is 5.41 Å². The number of hydrogen-bond donors (Lipinski definition) is 3. The lowest BCUT2D eigenvalue weighted by Gasteiger charge is -2.43. The van der Waals surface area contributed by atoms with Crippen LogP contribution >= 0.6 is 0 Å². The summed E-state index contributed by atoms with van der Waals surface area (Å²) in [6.45, 7) is 5.96. The molecule has 1 aliphatic carbocycles. The van der Waals surface area contributed by atoms with E-state index in [1.54, 1.807) is 24.3 Å². The van der Waals surface area contributed by atoms with Gasteiger partial charge in [0.2, 0.25) is 5.75 Å². The van der Waals surface area contributed by atoms with Gasteiger partial charge in [-0.05, 0) is 36.6 Å². The highest BCUT2D eigenvalue weighted by atomic mass is 16.5. The number of carbonyl (C=O) groups is 4. The van der Waals surface area contributed by atoms with Crippen LogP contribution in [0.1, 0.15) is 83.6 Å². The molecule has 0 saturated heterocycles. The number of allylic oxidation sites excluding steroid dienone is 1. The van der Waals surface area contributed by atoms with Crippen LogP contribution < -0.4 is 14.2 Å². The number of rotatable bonds is 11. The van der Waals surface area contributed by atoms with Crippen molar-refractivity contribution in [2.75, 3.05) is 7.11 Å². The molecule has 0 radical (unpaired) electrons. The van der Waals surface area contributed by atoms with Gasteiger partial charge in [0.15, 0.2) is 11.5 Å². The predicted octanol–water partition coefficient (Wildman–Crippen LogP) is 6.00. The van der Waals surface area contributed by atoms with Gasteiger partial charge in [0.1, 0.15) is 17.6 Å². The maximum atomic E-state index is 12.6. The second-order valence-corrected chi connectivity index (χ2v) is 12.4. The molecule has 0 fully saturated rings. The van der Waals surface area contributed by atoms with Crippen molar-refractivity contribution in [1.29, 1.82) is 0 Å². The summed E-state index contributed by atoms with van der Waals surface area (Å²) < 4.78 is 23.6. The summed E-state index contributed by atoms with van der Waals surface area (Å²) in [5.74, 6) is -2.03. The molecule has 2 heterocycles. The van der Waals surface area contributed by atoms with Crippen LogP contribution in [-0.4, -0.2) is 57.4 Å². The highest BCUT2D eigenvalue weighted by Crippen LogP contribution is 2.57. The lowest BCUT2D eigenvalue weighted by Crippen LogP contribution is -2.40. The third-order valence-electron chi connectivity index (χ3n) is 8.67. The van der Waals surface area contributed by atoms with E-state index >= 15 is 0 Å². The van der Waals surface area contributed by atoms with Gasteiger partial charge in [-0.15, -0.1) is 0 Å². The van der Waals surface area contributed by atoms with Crippen molar-refractivity contribution in [1.82, 2.24) is 4.98 Å². The van der Waals surface area contributed by atoms with Crippen LogP contribution in [0.25, 0.3) is 21.8 Å². The molecular weight excluding hydrogens is 598 g/mol. The van der Waals surface area contributed by atoms with E-state index in [1.807, 2.05) is 20.8 Å². The third kappa shape index (κ3) is 6.42. The van der Waals surface area contributed by atoms with Crippen molar-refractivity contribution in [3.05, 3.63) is 41.2 Å². The first-order chi connectivity index (χ1) is 21.8. The quantitative estimate of drug-likeness (QED) is 0.127. The number of benzene rings is 2. The van der Waals surface area contributed by atoms with E-state index in [4.69, 9.17) is 34.1 Å². The van der Waals surface area contributed by atoms with Crippen LogP contribution in [0.3, 0.4) is 0 Å². The number of aliphatic carboxylic acids is 2. The van der Waals surface area contributed by atoms with Gasteiger partial charge >= 0.3 is 23.9 Å². The molecule has 3 N–H and O–H groups in total. The number of phenolic OH excluding ortho intramolecular Hbond substituents is 1. The first kappa shape index (κ1) is 32.5. The number of carboxylic acid groups (broad SMARTS) is 2. The van der Waals surface area contributed by atoms with E-state index in [9.17, 15) is 24.3 Å². The second kappa shape index (κ2) is 12.9. The van der Waals surface area contributed by atoms with Gasteiger partial charge in [-0.1, -0.05) is 26.8 Å². The zero-order valence-electron chi connectivity index (χ0n) is 26.2. The topological polar surface area (TPSA) is 179 Å². The number of nitrogens with zero attached hydrogens (tertiary/aromatic N) is 1. The Labute approximate surface area is 264 Å². The fourth-order valence-electron chi connectivity index (χ4n) is 6.20. The van der Waals surface area contributed by atoms with Crippen LogP contribution in [0, 0.1) is 5.41 Å². The smallest absolute Gasteiger partial charge is 0.311 e. The number of phenols is 1. The molecule has 46 heavy (non-hydrogen) atoms. The number of aromatic nitrogens is 1. The lowest BCUT2D eigenvalue weighted by atomic mass is 9.70. The van der Waals surface area contributed by atoms with Crippen molar-refractivity contribution < 1.29 is 53.4 Å². The molecule has 2 unspecified atom stereocenters. The van der Waals surface area contributed by atoms with Gasteiger partial charge in [0, 0.05) is 66.2 Å². The van der Waals surface area contributed by atoms with Crippen molar-refractivity contribution in [2.45, 2.75) is 84.2 Å². The van der Waals surface area contributed by atoms with Crippen LogP contribution in [0.5, 0.6) is 23.0 Å². The van der Waals surface area contributed by atoms with Crippen molar-refractivity contribution in [3.63, 3.8) is 0 Å². The minimum Gasteiger partial charge on any atom is -0.504 e. The van der Waals surface area contributed by atoms with E-state index < -0.39 is 35.4 Å². The van der Waals surface area contributed by atoms with Crippen LogP contribution in [0.15, 0.2) is 35.6 Å². The monoisotopic (exact) mass is 635 g/mol. The minimum atomic E-state index is -0.996. The van der Waals surface area contributed by atoms with E-state index in [2.05, 4.69) is 0 Å². The molecule has 12 heteroatoms. The van der Waals surface area contributed by atoms with Crippen LogP contribution in [-0.2, 0) is 23.9 Å². The van der Waals surface area contributed by atoms with Gasteiger partial charge in [0.25, 0.3) is 0 Å². The van der Waals surface area contributed by atoms with Crippen LogP contribution in [0.4, 0.5) is 0 Å². The first-order valence-corrected chi connectivity index (χ1v) is 15.2. The summed E-state index contributed by atoms with van der Waals surface area (Å²) >= 11 is 0. The number of pyridine rings is 1. The molecular formula is C34H37NO11. The highest BCUT2D eigenvalue weighted by molar-refractivity contribution is 6.03. The van der Waals surface area contributed by atoms with E-state index in [1.165, 1.54) is 7.11 Å². The second-order valence-electron chi connectivity index (χ2n) is 12.4. The molecule has 0 bridgehead atoms. The predicted molar refractivity (Wildman–Crippen MR) is 165 cm³/mol. The number of carbonyl (C=O) groups excluding carboxylic acids is 2. The molecule has 1 aromatic heterocycles. The largest absolute Gasteiger partial charge is 0.504 e. The van der Waals surface area contributed by atoms with Gasteiger partial charge in [-0.2, -0.15) is 0 Å². The maximum absolute atomic E-state index is 12.6. The number of methoxy groups -OCH3 is 1. The van der Waals surface area contributed by atoms with Gasteiger partial charge in [0.05, 0.1) is 18.1 Å². The minimum absolute atomic E-state index is 0.0113. The molecule has 5 rings (SSSR count). The zero-order valence-corrected chi connectivity index (χ0v) is 26.2. The average molecular weight is 636 g/mol. The third-order valence-corrected chi connectivity index (χ3v) is 8.67. The number of carboxylic acids is 2. The van der Waals surface area contributed by atoms with Crippen LogP contribution in [0.2, 0.25) is 0 Å². The number of fused-ring (bicyclic) bond motifs is 4. The van der Waals surface area contributed by atoms with Gasteiger partial charge in [-0.3, -0.25) is 19.2 Å². The SMILES string of the molecule is COc1c2c(c3nc4cccc(OC(=O)CCCC(=O)O)c4cc3c1O)C(C)C1=C(CC(C)(C)C(OC(=O)CCCC(=O)O)C1)O2. The Kier molecular flexibility index (Phi) is 9.09. The van der Waals surface area contributed by atoms with E-state index in [-0.39, 0.29) is 61.7 Å². The Morgan fingerprint density at radius 2 is 1.67 bits per heavy atom. The van der Waals surface area contributed by atoms with Crippen molar-refractivity contribution >= 4 is 45.7 Å². The molecule has 2 aliphatic rings. The van der Waals surface area contributed by atoms with E-state index in [0.717, 1.165) is 5.57 Å². The fourth-order valence-corrected chi connectivity index (χ4v) is 6.20. The molecule has 244 valence electrons. The lowest BCUT2D eigenvalue weighted by molar-refractivity contribution is -0.156. The molecule has 0 spiro atoms. The Morgan fingerprint density at radius 1 is 1.00 bits per heavy atom. The summed E-state index contributed by atoms with van der Waals surface area (Å²) in [6, 6.07) is 6.73. The first-order valence-electron chi connectivity index (χ1n) is 15.2. The average Bonchev–Trinajstić information content (AvgIpc) is 2.97. The molecule has 2 aromatic carbocycles. The summed E-state index contributed by atoms with van der Waals surface area (Å²) in [6.07, 6.45) is 0.395. The Balaban J connectivity index is 1.51. The number of aromatic hydroxyl groups is 1. The fraction of sp³-hybridized carbons (Fsp3) is 0.441. The summed E-state index contributed by atoms with van der Waals surface area (Å²) in [5, 5.41) is 30.0. The number of esters is 2. The number of ether oxygens (including phenoxy) is 4. The normalized spacial score (nSPS) is 18.3. The molecule has 12 nitrogen and oxygen atoms in total. The zero-order chi connectivity index (χ0) is 33.3. The summed E-state index contributed by atoms with van der Waals surface area (Å²) in [5.41, 5.74) is 2.10. The summed E-state index contributed by atoms with van der Waals surface area (Å²) in [7, 11) is 1.43. The molecule has 1 aliphatic heterocycles. The molecule has 0 amide bonds. The van der Waals surface area contributed by atoms with E-state index in [0.29, 0.717) is 51.7 Å². The Bertz CT molecular complexity index is 1770. The van der Waals surface area contributed by atoms with Gasteiger partial charge < -0.3 is 34.3 Å². The van der Waals surface area contributed by atoms with Crippen molar-refractivity contribution in [3.8, 4) is 23.0 Å². The Hall–Kier alpha value is -4.87.